The van der Waals surface area contributed by atoms with Gasteiger partial charge in [-0.15, -0.1) is 0 Å². The van der Waals surface area contributed by atoms with Crippen molar-refractivity contribution in [2.45, 2.75) is 12.5 Å². The molecule has 1 heterocycles. The first kappa shape index (κ1) is 14.6. The Bertz CT molecular complexity index is 733. The lowest BCUT2D eigenvalue weighted by molar-refractivity contribution is -0.128. The Morgan fingerprint density at radius 2 is 2.05 bits per heavy atom. The van der Waals surface area contributed by atoms with Gasteiger partial charge in [-0.1, -0.05) is 34.1 Å². The van der Waals surface area contributed by atoms with Crippen LogP contribution in [0.4, 0.5) is 11.4 Å². The summed E-state index contributed by atoms with van der Waals surface area (Å²) in [5.74, 6) is -0.0249. The predicted octanol–water partition coefficient (Wildman–Crippen LogP) is 3.18. The number of amides is 2. The molecule has 0 aliphatic carbocycles. The number of para-hydroxylation sites is 2. The second-order valence-corrected chi connectivity index (χ2v) is 5.77. The maximum Gasteiger partial charge on any atom is 0.266 e. The molecule has 0 saturated heterocycles. The van der Waals surface area contributed by atoms with Crippen molar-refractivity contribution in [2.75, 3.05) is 10.6 Å². The van der Waals surface area contributed by atoms with Gasteiger partial charge in [-0.25, -0.2) is 0 Å². The molecule has 22 heavy (non-hydrogen) atoms. The van der Waals surface area contributed by atoms with Gasteiger partial charge in [0.05, 0.1) is 12.1 Å². The van der Waals surface area contributed by atoms with E-state index < -0.39 is 6.10 Å². The average molecular weight is 361 g/mol. The molecule has 0 spiro atoms. The summed E-state index contributed by atoms with van der Waals surface area (Å²) in [7, 11) is 0. The number of benzene rings is 2. The lowest BCUT2D eigenvalue weighted by Gasteiger charge is -2.25. The fourth-order valence-corrected chi connectivity index (χ4v) is 2.57. The van der Waals surface area contributed by atoms with E-state index in [9.17, 15) is 9.59 Å². The molecule has 0 bridgehead atoms. The van der Waals surface area contributed by atoms with E-state index in [0.717, 1.165) is 4.47 Å². The van der Waals surface area contributed by atoms with E-state index in [-0.39, 0.29) is 18.2 Å². The first-order valence-electron chi connectivity index (χ1n) is 6.74. The molecule has 1 aliphatic heterocycles. The van der Waals surface area contributed by atoms with Crippen LogP contribution in [0, 0.1) is 0 Å². The van der Waals surface area contributed by atoms with Crippen molar-refractivity contribution in [2.24, 2.45) is 0 Å². The highest BCUT2D eigenvalue weighted by Gasteiger charge is 2.29. The maximum atomic E-state index is 12.1. The van der Waals surface area contributed by atoms with Gasteiger partial charge in [-0.2, -0.15) is 0 Å². The number of ether oxygens (including phenoxy) is 1. The Labute approximate surface area is 135 Å². The number of nitrogens with one attached hydrogen (secondary N) is 2. The Morgan fingerprint density at radius 3 is 2.86 bits per heavy atom. The molecular weight excluding hydrogens is 348 g/mol. The van der Waals surface area contributed by atoms with Crippen LogP contribution in [0.2, 0.25) is 0 Å². The highest BCUT2D eigenvalue weighted by molar-refractivity contribution is 9.10. The highest BCUT2D eigenvalue weighted by Crippen LogP contribution is 2.29. The first-order valence-corrected chi connectivity index (χ1v) is 7.53. The van der Waals surface area contributed by atoms with E-state index >= 15 is 0 Å². The largest absolute Gasteiger partial charge is 0.478 e. The van der Waals surface area contributed by atoms with E-state index in [0.29, 0.717) is 17.1 Å². The molecule has 2 N–H and O–H groups in total. The number of hydrogen-bond donors (Lipinski definition) is 2. The summed E-state index contributed by atoms with van der Waals surface area (Å²) in [6, 6.07) is 14.4. The number of rotatable bonds is 3. The zero-order valence-corrected chi connectivity index (χ0v) is 13.1. The van der Waals surface area contributed by atoms with Gasteiger partial charge in [-0.3, -0.25) is 9.59 Å². The standard InChI is InChI=1S/C16H13BrN2O3/c17-10-4-3-5-11(8-10)18-15(20)9-14-16(21)19-12-6-1-2-7-13(12)22-14/h1-8,14H,9H2,(H,18,20)(H,19,21)/t14-/m0/s1. The van der Waals surface area contributed by atoms with Crippen LogP contribution in [0.15, 0.2) is 53.0 Å². The van der Waals surface area contributed by atoms with Gasteiger partial charge in [0, 0.05) is 10.2 Å². The number of anilines is 2. The number of fused-ring (bicyclic) bond motifs is 1. The second kappa shape index (κ2) is 6.19. The molecule has 2 aromatic carbocycles. The van der Waals surface area contributed by atoms with Crippen molar-refractivity contribution in [3.05, 3.63) is 53.0 Å². The minimum absolute atomic E-state index is 0.0489. The van der Waals surface area contributed by atoms with Crippen LogP contribution in [0.3, 0.4) is 0 Å². The molecule has 0 radical (unpaired) electrons. The molecule has 1 aliphatic rings. The van der Waals surface area contributed by atoms with Crippen LogP contribution in [-0.2, 0) is 9.59 Å². The van der Waals surface area contributed by atoms with Crippen molar-refractivity contribution in [3.63, 3.8) is 0 Å². The SMILES string of the molecule is O=C(C[C@@H]1Oc2ccccc2NC1=O)Nc1cccc(Br)c1. The minimum atomic E-state index is -0.831. The molecule has 0 unspecified atom stereocenters. The van der Waals surface area contributed by atoms with Crippen molar-refractivity contribution in [1.82, 2.24) is 0 Å². The molecule has 0 saturated carbocycles. The van der Waals surface area contributed by atoms with Crippen LogP contribution in [0.1, 0.15) is 6.42 Å². The van der Waals surface area contributed by atoms with Crippen LogP contribution in [-0.4, -0.2) is 17.9 Å². The molecule has 0 fully saturated rings. The van der Waals surface area contributed by atoms with Crippen LogP contribution in [0.25, 0.3) is 0 Å². The second-order valence-electron chi connectivity index (χ2n) is 4.85. The molecule has 2 amide bonds. The Morgan fingerprint density at radius 1 is 1.23 bits per heavy atom. The molecule has 2 aromatic rings. The van der Waals surface area contributed by atoms with Gasteiger partial charge >= 0.3 is 0 Å². The third-order valence-electron chi connectivity index (χ3n) is 3.19. The van der Waals surface area contributed by atoms with E-state index in [1.165, 1.54) is 0 Å². The summed E-state index contributed by atoms with van der Waals surface area (Å²) in [5.41, 5.74) is 1.28. The number of carbonyl (C=O) groups is 2. The number of halogens is 1. The molecule has 112 valence electrons. The number of hydrogen-bond acceptors (Lipinski definition) is 3. The summed E-state index contributed by atoms with van der Waals surface area (Å²) in [4.78, 5) is 24.0. The fraction of sp³-hybridized carbons (Fsp3) is 0.125. The lowest BCUT2D eigenvalue weighted by atomic mass is 10.1. The lowest BCUT2D eigenvalue weighted by Crippen LogP contribution is -2.39. The van der Waals surface area contributed by atoms with Crippen LogP contribution >= 0.6 is 15.9 Å². The van der Waals surface area contributed by atoms with Crippen molar-refractivity contribution >= 4 is 39.1 Å². The van der Waals surface area contributed by atoms with Crippen molar-refractivity contribution in [1.29, 1.82) is 0 Å². The summed E-state index contributed by atoms with van der Waals surface area (Å²) < 4.78 is 6.46. The van der Waals surface area contributed by atoms with E-state index in [4.69, 9.17) is 4.74 Å². The van der Waals surface area contributed by atoms with Crippen molar-refractivity contribution in [3.8, 4) is 5.75 Å². The minimum Gasteiger partial charge on any atom is -0.478 e. The van der Waals surface area contributed by atoms with Crippen LogP contribution < -0.4 is 15.4 Å². The monoisotopic (exact) mass is 360 g/mol. The molecule has 1 atom stereocenters. The predicted molar refractivity (Wildman–Crippen MR) is 86.9 cm³/mol. The van der Waals surface area contributed by atoms with E-state index in [1.54, 1.807) is 24.3 Å². The molecule has 0 aromatic heterocycles. The smallest absolute Gasteiger partial charge is 0.266 e. The summed E-state index contributed by atoms with van der Waals surface area (Å²) >= 11 is 3.34. The van der Waals surface area contributed by atoms with Gasteiger partial charge in [0.1, 0.15) is 5.75 Å². The average Bonchev–Trinajstić information content (AvgIpc) is 2.48. The molecule has 6 heteroatoms. The van der Waals surface area contributed by atoms with Gasteiger partial charge in [0.15, 0.2) is 6.10 Å². The van der Waals surface area contributed by atoms with Gasteiger partial charge in [0.25, 0.3) is 5.91 Å². The topological polar surface area (TPSA) is 67.4 Å². The fourth-order valence-electron chi connectivity index (χ4n) is 2.17. The summed E-state index contributed by atoms with van der Waals surface area (Å²) in [5, 5.41) is 5.48. The van der Waals surface area contributed by atoms with E-state index in [1.807, 2.05) is 24.3 Å². The summed E-state index contributed by atoms with van der Waals surface area (Å²) in [6.45, 7) is 0. The Hall–Kier alpha value is -2.34. The normalized spacial score (nSPS) is 16.2. The molecular formula is C16H13BrN2O3. The van der Waals surface area contributed by atoms with Gasteiger partial charge in [0.2, 0.25) is 5.91 Å². The van der Waals surface area contributed by atoms with Crippen LogP contribution in [0.5, 0.6) is 5.75 Å². The number of carbonyl (C=O) groups excluding carboxylic acids is 2. The molecule has 3 rings (SSSR count). The first-order chi connectivity index (χ1) is 10.6. The third-order valence-corrected chi connectivity index (χ3v) is 3.68. The van der Waals surface area contributed by atoms with Gasteiger partial charge in [-0.05, 0) is 30.3 Å². The Balaban J connectivity index is 1.66. The highest BCUT2D eigenvalue weighted by atomic mass is 79.9. The Kier molecular flexibility index (Phi) is 4.11. The van der Waals surface area contributed by atoms with Crippen molar-refractivity contribution < 1.29 is 14.3 Å². The maximum absolute atomic E-state index is 12.1. The zero-order chi connectivity index (χ0) is 15.5. The third kappa shape index (κ3) is 3.28. The zero-order valence-electron chi connectivity index (χ0n) is 11.5. The van der Waals surface area contributed by atoms with E-state index in [2.05, 4.69) is 26.6 Å². The quantitative estimate of drug-likeness (QED) is 0.883. The molecule has 5 nitrogen and oxygen atoms in total. The van der Waals surface area contributed by atoms with Gasteiger partial charge < -0.3 is 15.4 Å². The summed E-state index contributed by atoms with van der Waals surface area (Å²) in [6.07, 6.45) is -0.880.